The van der Waals surface area contributed by atoms with Crippen molar-refractivity contribution in [2.75, 3.05) is 85.6 Å². The second kappa shape index (κ2) is 11.8. The molecular weight excluding hydrogens is 384 g/mol. The number of hydrogen-bond donors (Lipinski definition) is 1. The maximum Gasteiger partial charge on any atom is 0.0121 e. The van der Waals surface area contributed by atoms with E-state index in [1.165, 1.54) is 117 Å². The molecule has 0 aliphatic carbocycles. The van der Waals surface area contributed by atoms with Gasteiger partial charge in [-0.2, -0.15) is 0 Å². The molecule has 4 rings (SSSR count). The zero-order valence-corrected chi connectivity index (χ0v) is 20.8. The second-order valence-corrected chi connectivity index (χ2v) is 10.9. The van der Waals surface area contributed by atoms with E-state index < -0.39 is 0 Å². The number of rotatable bonds is 7. The molecular formula is C25H50N6. The lowest BCUT2D eigenvalue weighted by atomic mass is 9.97. The van der Waals surface area contributed by atoms with Crippen LogP contribution >= 0.6 is 0 Å². The van der Waals surface area contributed by atoms with Crippen LogP contribution in [0.1, 0.15) is 52.4 Å². The average molecular weight is 435 g/mol. The van der Waals surface area contributed by atoms with Gasteiger partial charge in [-0.25, -0.2) is 0 Å². The lowest BCUT2D eigenvalue weighted by Crippen LogP contribution is -2.53. The van der Waals surface area contributed by atoms with Gasteiger partial charge in [-0.1, -0.05) is 0 Å². The van der Waals surface area contributed by atoms with E-state index in [1.54, 1.807) is 0 Å². The van der Waals surface area contributed by atoms with Crippen LogP contribution in [0.25, 0.3) is 0 Å². The minimum absolute atomic E-state index is 0.745. The van der Waals surface area contributed by atoms with Crippen LogP contribution in [0.5, 0.6) is 0 Å². The molecule has 0 aromatic heterocycles. The number of piperazine rings is 2. The Bertz CT molecular complexity index is 500. The van der Waals surface area contributed by atoms with E-state index in [1.807, 2.05) is 0 Å². The molecule has 4 heterocycles. The van der Waals surface area contributed by atoms with Crippen molar-refractivity contribution < 1.29 is 0 Å². The first kappa shape index (κ1) is 23.9. The summed E-state index contributed by atoms with van der Waals surface area (Å²) in [5.74, 6) is 0. The maximum atomic E-state index is 3.50. The zero-order valence-electron chi connectivity index (χ0n) is 20.8. The molecule has 31 heavy (non-hydrogen) atoms. The van der Waals surface area contributed by atoms with Crippen molar-refractivity contribution in [2.45, 2.75) is 76.5 Å². The third-order valence-electron chi connectivity index (χ3n) is 8.97. The summed E-state index contributed by atoms with van der Waals surface area (Å²) in [6.45, 7) is 20.1. The average Bonchev–Trinajstić information content (AvgIpc) is 2.83. The molecule has 2 unspecified atom stereocenters. The number of hydrogen-bond acceptors (Lipinski definition) is 6. The van der Waals surface area contributed by atoms with Crippen LogP contribution < -0.4 is 5.32 Å². The van der Waals surface area contributed by atoms with Crippen molar-refractivity contribution in [3.63, 3.8) is 0 Å². The molecule has 1 N–H and O–H groups in total. The summed E-state index contributed by atoms with van der Waals surface area (Å²) >= 11 is 0. The van der Waals surface area contributed by atoms with E-state index >= 15 is 0 Å². The molecule has 0 aromatic rings. The second-order valence-electron chi connectivity index (χ2n) is 10.9. The van der Waals surface area contributed by atoms with Crippen LogP contribution in [0.4, 0.5) is 0 Å². The molecule has 4 saturated heterocycles. The predicted molar refractivity (Wildman–Crippen MR) is 131 cm³/mol. The van der Waals surface area contributed by atoms with Crippen molar-refractivity contribution >= 4 is 0 Å². The molecule has 2 atom stereocenters. The lowest BCUT2D eigenvalue weighted by Gasteiger charge is -2.44. The molecule has 0 aromatic carbocycles. The first-order valence-corrected chi connectivity index (χ1v) is 13.5. The normalized spacial score (nSPS) is 29.9. The summed E-state index contributed by atoms with van der Waals surface area (Å²) in [5, 5.41) is 3.50. The van der Waals surface area contributed by atoms with E-state index in [9.17, 15) is 0 Å². The predicted octanol–water partition coefficient (Wildman–Crippen LogP) is 1.63. The molecule has 0 amide bonds. The highest BCUT2D eigenvalue weighted by atomic mass is 15.3. The van der Waals surface area contributed by atoms with Gasteiger partial charge >= 0.3 is 0 Å². The first-order chi connectivity index (χ1) is 15.1. The molecule has 4 aliphatic heterocycles. The van der Waals surface area contributed by atoms with E-state index in [4.69, 9.17) is 0 Å². The zero-order chi connectivity index (χ0) is 21.6. The van der Waals surface area contributed by atoms with Crippen molar-refractivity contribution in [2.24, 2.45) is 0 Å². The summed E-state index contributed by atoms with van der Waals surface area (Å²) in [6.07, 6.45) is 8.22. The molecule has 0 bridgehead atoms. The molecule has 4 fully saturated rings. The molecule has 6 heteroatoms. The van der Waals surface area contributed by atoms with Gasteiger partial charge in [0, 0.05) is 76.5 Å². The van der Waals surface area contributed by atoms with Crippen molar-refractivity contribution in [3.8, 4) is 0 Å². The third kappa shape index (κ3) is 6.64. The fraction of sp³-hybridized carbons (Fsp3) is 1.00. The standard InChI is InChI=1S/C25H50N6/c1-22(28-12-6-24(7-13-28)30-16-10-26-11-17-30)4-5-23(2)29-14-8-25(9-15-29)31-20-18-27(3)19-21-31/h22-26H,4-21H2,1-3H3. The Morgan fingerprint density at radius 1 is 0.613 bits per heavy atom. The summed E-state index contributed by atoms with van der Waals surface area (Å²) in [7, 11) is 2.26. The van der Waals surface area contributed by atoms with Gasteiger partial charge < -0.3 is 20.0 Å². The number of nitrogens with one attached hydrogen (secondary N) is 1. The van der Waals surface area contributed by atoms with Gasteiger partial charge in [0.05, 0.1) is 0 Å². The highest BCUT2D eigenvalue weighted by Gasteiger charge is 2.30. The highest BCUT2D eigenvalue weighted by Crippen LogP contribution is 2.24. The SMILES string of the molecule is CC(CCC(C)N1CCC(N2CCN(C)CC2)CC1)N1CCC(N2CCNCC2)CC1. The summed E-state index contributed by atoms with van der Waals surface area (Å²) in [5.41, 5.74) is 0. The number of nitrogens with zero attached hydrogens (tertiary/aromatic N) is 5. The van der Waals surface area contributed by atoms with Crippen LogP contribution in [-0.4, -0.2) is 134 Å². The Labute approximate surface area is 192 Å². The monoisotopic (exact) mass is 434 g/mol. The molecule has 4 aliphatic rings. The lowest BCUT2D eigenvalue weighted by molar-refractivity contribution is 0.0507. The molecule has 0 saturated carbocycles. The van der Waals surface area contributed by atoms with E-state index in [0.29, 0.717) is 0 Å². The number of piperidine rings is 2. The van der Waals surface area contributed by atoms with E-state index in [-0.39, 0.29) is 0 Å². The summed E-state index contributed by atoms with van der Waals surface area (Å²) in [6, 6.07) is 3.17. The van der Waals surface area contributed by atoms with Gasteiger partial charge in [-0.15, -0.1) is 0 Å². The van der Waals surface area contributed by atoms with E-state index in [2.05, 4.69) is 50.7 Å². The van der Waals surface area contributed by atoms with Crippen molar-refractivity contribution in [1.29, 1.82) is 0 Å². The van der Waals surface area contributed by atoms with Crippen LogP contribution in [0.2, 0.25) is 0 Å². The Balaban J connectivity index is 1.11. The smallest absolute Gasteiger partial charge is 0.0121 e. The topological polar surface area (TPSA) is 28.2 Å². The van der Waals surface area contributed by atoms with Crippen molar-refractivity contribution in [1.82, 2.24) is 29.8 Å². The molecule has 0 radical (unpaired) electrons. The Kier molecular flexibility index (Phi) is 9.06. The Morgan fingerprint density at radius 3 is 1.48 bits per heavy atom. The minimum atomic E-state index is 0.745. The van der Waals surface area contributed by atoms with Gasteiger partial charge in [0.2, 0.25) is 0 Å². The maximum absolute atomic E-state index is 3.50. The fourth-order valence-electron chi connectivity index (χ4n) is 6.47. The molecule has 0 spiro atoms. The van der Waals surface area contributed by atoms with Crippen LogP contribution in [0.15, 0.2) is 0 Å². The minimum Gasteiger partial charge on any atom is -0.314 e. The summed E-state index contributed by atoms with van der Waals surface area (Å²) in [4.78, 5) is 13.6. The fourth-order valence-corrected chi connectivity index (χ4v) is 6.47. The molecule has 180 valence electrons. The third-order valence-corrected chi connectivity index (χ3v) is 8.97. The Hall–Kier alpha value is -0.240. The number of likely N-dealkylation sites (tertiary alicyclic amines) is 2. The van der Waals surface area contributed by atoms with Gasteiger partial charge in [-0.3, -0.25) is 9.80 Å². The summed E-state index contributed by atoms with van der Waals surface area (Å²) < 4.78 is 0. The van der Waals surface area contributed by atoms with Gasteiger partial charge in [-0.05, 0) is 85.6 Å². The van der Waals surface area contributed by atoms with Crippen LogP contribution in [0, 0.1) is 0 Å². The van der Waals surface area contributed by atoms with Gasteiger partial charge in [0.25, 0.3) is 0 Å². The molecule has 6 nitrogen and oxygen atoms in total. The van der Waals surface area contributed by atoms with E-state index in [0.717, 1.165) is 24.2 Å². The van der Waals surface area contributed by atoms with Gasteiger partial charge in [0.1, 0.15) is 0 Å². The highest BCUT2D eigenvalue weighted by molar-refractivity contribution is 4.87. The quantitative estimate of drug-likeness (QED) is 0.655. The Morgan fingerprint density at radius 2 is 1.03 bits per heavy atom. The van der Waals surface area contributed by atoms with Gasteiger partial charge in [0.15, 0.2) is 0 Å². The largest absolute Gasteiger partial charge is 0.314 e. The number of likely N-dealkylation sites (N-methyl/N-ethyl adjacent to an activating group) is 1. The van der Waals surface area contributed by atoms with Crippen LogP contribution in [-0.2, 0) is 0 Å². The van der Waals surface area contributed by atoms with Crippen molar-refractivity contribution in [3.05, 3.63) is 0 Å². The van der Waals surface area contributed by atoms with Crippen LogP contribution in [0.3, 0.4) is 0 Å². The first-order valence-electron chi connectivity index (χ1n) is 13.5.